The average molecular weight is 288 g/mol. The van der Waals surface area contributed by atoms with Crippen LogP contribution in [0.1, 0.15) is 47.0 Å². The lowest BCUT2D eigenvalue weighted by Gasteiger charge is -2.37. The second-order valence-electron chi connectivity index (χ2n) is 4.95. The molecule has 0 aromatic carbocycles. The minimum Gasteiger partial charge on any atom is -0.480 e. The van der Waals surface area contributed by atoms with Gasteiger partial charge in [0.15, 0.2) is 0 Å². The van der Waals surface area contributed by atoms with E-state index < -0.39 is 5.97 Å². The molecule has 0 rings (SSSR count). The van der Waals surface area contributed by atoms with Crippen LogP contribution >= 0.6 is 0 Å². The number of hydrogen-bond donors (Lipinski definition) is 2. The van der Waals surface area contributed by atoms with E-state index in [1.807, 2.05) is 27.7 Å². The summed E-state index contributed by atoms with van der Waals surface area (Å²) in [5.74, 6) is -1.02. The van der Waals surface area contributed by atoms with Crippen LogP contribution in [-0.2, 0) is 4.79 Å². The average Bonchev–Trinajstić information content (AvgIpc) is 2.43. The van der Waals surface area contributed by atoms with Crippen LogP contribution in [0.3, 0.4) is 0 Å². The van der Waals surface area contributed by atoms with Crippen molar-refractivity contribution in [3.05, 3.63) is 0 Å². The molecule has 0 spiro atoms. The van der Waals surface area contributed by atoms with Gasteiger partial charge in [-0.15, -0.1) is 0 Å². The Labute approximate surface area is 121 Å². The smallest absolute Gasteiger partial charge is 0.323 e. The van der Waals surface area contributed by atoms with Crippen molar-refractivity contribution >= 4 is 12.0 Å². The Bertz CT molecular complexity index is 306. The molecule has 0 saturated carbocycles. The van der Waals surface area contributed by atoms with E-state index >= 15 is 0 Å². The van der Waals surface area contributed by atoms with Crippen LogP contribution in [0.4, 0.5) is 4.79 Å². The van der Waals surface area contributed by atoms with Crippen molar-refractivity contribution in [1.82, 2.24) is 9.80 Å². The Hall–Kier alpha value is -1.30. The van der Waals surface area contributed by atoms with Crippen molar-refractivity contribution in [1.29, 1.82) is 0 Å². The van der Waals surface area contributed by atoms with Gasteiger partial charge in [0.05, 0.1) is 6.61 Å². The van der Waals surface area contributed by atoms with Crippen molar-refractivity contribution in [3.8, 4) is 0 Å². The highest BCUT2D eigenvalue weighted by atomic mass is 16.4. The molecular weight excluding hydrogens is 260 g/mol. The van der Waals surface area contributed by atoms with Gasteiger partial charge in [-0.25, -0.2) is 4.79 Å². The third-order valence-corrected chi connectivity index (χ3v) is 3.64. The lowest BCUT2D eigenvalue weighted by molar-refractivity contribution is -0.138. The summed E-state index contributed by atoms with van der Waals surface area (Å²) in [7, 11) is 0. The standard InChI is InChI=1S/C14H28N2O4/c1-5-11(4)16(10-13(18)19)14(20)15(8-9-17)12(6-2)7-3/h11-12,17H,5-10H2,1-4H3,(H,18,19). The Kier molecular flexibility index (Phi) is 8.96. The van der Waals surface area contributed by atoms with Gasteiger partial charge in [-0.05, 0) is 26.2 Å². The molecule has 118 valence electrons. The highest BCUT2D eigenvalue weighted by Gasteiger charge is 2.29. The summed E-state index contributed by atoms with van der Waals surface area (Å²) < 4.78 is 0. The van der Waals surface area contributed by atoms with Crippen molar-refractivity contribution in [3.63, 3.8) is 0 Å². The molecule has 0 aliphatic carbocycles. The van der Waals surface area contributed by atoms with Gasteiger partial charge >= 0.3 is 12.0 Å². The second-order valence-corrected chi connectivity index (χ2v) is 4.95. The Morgan fingerprint density at radius 3 is 1.95 bits per heavy atom. The molecule has 1 atom stereocenters. The van der Waals surface area contributed by atoms with Crippen LogP contribution < -0.4 is 0 Å². The molecule has 0 aromatic rings. The van der Waals surface area contributed by atoms with Crippen molar-refractivity contribution in [2.45, 2.75) is 59.0 Å². The van der Waals surface area contributed by atoms with Crippen molar-refractivity contribution in [2.24, 2.45) is 0 Å². The van der Waals surface area contributed by atoms with E-state index in [0.717, 1.165) is 12.8 Å². The minimum atomic E-state index is -1.02. The molecule has 0 aliphatic heterocycles. The van der Waals surface area contributed by atoms with Crippen molar-refractivity contribution < 1.29 is 19.8 Å². The number of amides is 2. The fraction of sp³-hybridized carbons (Fsp3) is 0.857. The van der Waals surface area contributed by atoms with Crippen LogP contribution in [0.25, 0.3) is 0 Å². The van der Waals surface area contributed by atoms with Gasteiger partial charge in [-0.1, -0.05) is 20.8 Å². The number of rotatable bonds is 9. The van der Waals surface area contributed by atoms with E-state index in [9.17, 15) is 9.59 Å². The number of urea groups is 1. The summed E-state index contributed by atoms with van der Waals surface area (Å²) in [6, 6.07) is -0.423. The van der Waals surface area contributed by atoms with Gasteiger partial charge < -0.3 is 20.0 Å². The number of carbonyl (C=O) groups is 2. The zero-order valence-electron chi connectivity index (χ0n) is 13.0. The van der Waals surface area contributed by atoms with Gasteiger partial charge in [0.2, 0.25) is 0 Å². The number of aliphatic hydroxyl groups excluding tert-OH is 1. The van der Waals surface area contributed by atoms with Crippen LogP contribution in [-0.4, -0.2) is 63.8 Å². The number of aliphatic carboxylic acids is 1. The summed E-state index contributed by atoms with van der Waals surface area (Å²) in [6.45, 7) is 7.52. The van der Waals surface area contributed by atoms with E-state index in [1.54, 1.807) is 4.90 Å². The summed E-state index contributed by atoms with van der Waals surface area (Å²) in [6.07, 6.45) is 2.25. The molecule has 0 heterocycles. The van der Waals surface area contributed by atoms with Crippen LogP contribution in [0.5, 0.6) is 0 Å². The van der Waals surface area contributed by atoms with Crippen LogP contribution in [0.2, 0.25) is 0 Å². The van der Waals surface area contributed by atoms with Gasteiger partial charge in [-0.2, -0.15) is 0 Å². The molecule has 2 N–H and O–H groups in total. The predicted octanol–water partition coefficient (Wildman–Crippen LogP) is 1.77. The summed E-state index contributed by atoms with van der Waals surface area (Å²) in [5.41, 5.74) is 0. The molecule has 0 bridgehead atoms. The first-order valence-corrected chi connectivity index (χ1v) is 7.32. The molecule has 0 aliphatic rings. The zero-order chi connectivity index (χ0) is 15.7. The van der Waals surface area contributed by atoms with E-state index in [2.05, 4.69) is 0 Å². The highest BCUT2D eigenvalue weighted by molar-refractivity contribution is 5.80. The van der Waals surface area contributed by atoms with E-state index in [0.29, 0.717) is 6.42 Å². The molecule has 6 heteroatoms. The van der Waals surface area contributed by atoms with Crippen LogP contribution in [0, 0.1) is 0 Å². The number of hydrogen-bond acceptors (Lipinski definition) is 3. The third-order valence-electron chi connectivity index (χ3n) is 3.64. The number of carboxylic acid groups (broad SMARTS) is 1. The lowest BCUT2D eigenvalue weighted by Crippen LogP contribution is -2.53. The van der Waals surface area contributed by atoms with E-state index in [4.69, 9.17) is 10.2 Å². The molecular formula is C14H28N2O4. The number of carbonyl (C=O) groups excluding carboxylic acids is 1. The quantitative estimate of drug-likeness (QED) is 0.677. The maximum atomic E-state index is 12.6. The van der Waals surface area contributed by atoms with Crippen molar-refractivity contribution in [2.75, 3.05) is 19.7 Å². The number of nitrogens with zero attached hydrogens (tertiary/aromatic N) is 2. The first kappa shape index (κ1) is 18.7. The summed E-state index contributed by atoms with van der Waals surface area (Å²) in [5, 5.41) is 18.1. The Balaban J connectivity index is 5.17. The largest absolute Gasteiger partial charge is 0.480 e. The molecule has 6 nitrogen and oxygen atoms in total. The van der Waals surface area contributed by atoms with Crippen LogP contribution in [0.15, 0.2) is 0 Å². The van der Waals surface area contributed by atoms with Gasteiger partial charge in [0.25, 0.3) is 0 Å². The van der Waals surface area contributed by atoms with E-state index in [1.165, 1.54) is 4.90 Å². The fourth-order valence-electron chi connectivity index (χ4n) is 2.21. The molecule has 0 saturated heterocycles. The molecule has 0 aromatic heterocycles. The van der Waals surface area contributed by atoms with E-state index in [-0.39, 0.29) is 37.8 Å². The summed E-state index contributed by atoms with van der Waals surface area (Å²) in [4.78, 5) is 26.5. The number of carboxylic acids is 1. The highest BCUT2D eigenvalue weighted by Crippen LogP contribution is 2.14. The first-order chi connectivity index (χ1) is 9.42. The number of aliphatic hydroxyl groups is 1. The molecule has 0 radical (unpaired) electrons. The molecule has 1 unspecified atom stereocenters. The zero-order valence-corrected chi connectivity index (χ0v) is 13.0. The Morgan fingerprint density at radius 1 is 1.05 bits per heavy atom. The third kappa shape index (κ3) is 5.36. The maximum absolute atomic E-state index is 12.6. The molecule has 2 amide bonds. The van der Waals surface area contributed by atoms with Gasteiger partial charge in [0.1, 0.15) is 6.54 Å². The fourth-order valence-corrected chi connectivity index (χ4v) is 2.21. The first-order valence-electron chi connectivity index (χ1n) is 7.32. The minimum absolute atomic E-state index is 0.0231. The van der Waals surface area contributed by atoms with Gasteiger partial charge in [-0.3, -0.25) is 4.79 Å². The lowest BCUT2D eigenvalue weighted by atomic mass is 10.1. The Morgan fingerprint density at radius 2 is 1.60 bits per heavy atom. The van der Waals surface area contributed by atoms with Gasteiger partial charge in [0, 0.05) is 18.6 Å². The summed E-state index contributed by atoms with van der Waals surface area (Å²) >= 11 is 0. The molecule has 0 fully saturated rings. The normalized spacial score (nSPS) is 12.3. The SMILES string of the molecule is CCC(C)N(CC(=O)O)C(=O)N(CCO)C(CC)CC. The molecule has 20 heavy (non-hydrogen) atoms. The monoisotopic (exact) mass is 288 g/mol. The topological polar surface area (TPSA) is 81.1 Å². The predicted molar refractivity (Wildman–Crippen MR) is 77.7 cm³/mol. The maximum Gasteiger partial charge on any atom is 0.323 e. The second kappa shape index (κ2) is 9.58.